The smallest absolute Gasteiger partial charge is 0.143 e. The van der Waals surface area contributed by atoms with Crippen LogP contribution in [0.2, 0.25) is 0 Å². The van der Waals surface area contributed by atoms with Crippen molar-refractivity contribution in [2.45, 2.75) is 0 Å². The Morgan fingerprint density at radius 1 is 0.253 bits per heavy atom. The van der Waals surface area contributed by atoms with Crippen LogP contribution in [0.1, 0.15) is 6.85 Å². The molecule has 1 aromatic heterocycles. The molecule has 0 bridgehead atoms. The second-order valence-electron chi connectivity index (χ2n) is 19.3. The number of fused-ring (bicyclic) bond motifs is 14. The molecule has 75 heavy (non-hydrogen) atoms. The van der Waals surface area contributed by atoms with Crippen molar-refractivity contribution < 1.29 is 11.3 Å². The van der Waals surface area contributed by atoms with E-state index in [1.165, 1.54) is 76.1 Å². The van der Waals surface area contributed by atoms with Gasteiger partial charge in [-0.25, -0.2) is 0 Å². The van der Waals surface area contributed by atoms with Crippen LogP contribution in [-0.2, 0) is 0 Å². The maximum absolute atomic E-state index is 8.80. The fourth-order valence-corrected chi connectivity index (χ4v) is 12.2. The predicted octanol–water partition coefficient (Wildman–Crippen LogP) is 21.2. The summed E-state index contributed by atoms with van der Waals surface area (Å²) in [6.07, 6.45) is 0. The van der Waals surface area contributed by atoms with E-state index in [-0.39, 0.29) is 29.7 Å². The highest BCUT2D eigenvalue weighted by Gasteiger charge is 2.22. The Kier molecular flexibility index (Phi) is 8.81. The number of hydrogen-bond donors (Lipinski definition) is 0. The molecular weight excluding hydrogens is 905 g/mol. The molecule has 1 nitrogen and oxygen atoms in total. The van der Waals surface area contributed by atoms with Gasteiger partial charge in [0.1, 0.15) is 11.2 Å². The molecule has 1 heterocycles. The molecule has 0 aliphatic heterocycles. The van der Waals surface area contributed by atoms with Gasteiger partial charge in [0.25, 0.3) is 0 Å². The van der Waals surface area contributed by atoms with Gasteiger partial charge in [-0.1, -0.05) is 261 Å². The molecule has 348 valence electrons. The summed E-state index contributed by atoms with van der Waals surface area (Å²) in [7, 11) is 0. The van der Waals surface area contributed by atoms with Crippen molar-refractivity contribution in [3.63, 3.8) is 0 Å². The van der Waals surface area contributed by atoms with E-state index in [4.69, 9.17) is 11.3 Å². The van der Waals surface area contributed by atoms with Crippen molar-refractivity contribution in [3.8, 4) is 44.5 Å². The van der Waals surface area contributed by atoms with E-state index in [0.29, 0.717) is 5.56 Å². The molecule has 16 aromatic rings. The van der Waals surface area contributed by atoms with Crippen LogP contribution in [-0.4, -0.2) is 0 Å². The molecule has 0 aliphatic rings. The largest absolute Gasteiger partial charge is 0.455 e. The standard InChI is InChI=1S/C38H24.C36H22O/c1-2-13-26(14-3-1)36-31-18-8-10-20-33(31)38(34-21-11-9-19-32(34)36)35-24-27-23-22-25-12-4-5-15-28(25)37(27)30-17-7-6-16-29(30)35;1-2-12-24(13-3-1)33-26-15-6-8-17-28(26)34(29-18-9-7-16-27(29)33)30-19-10-20-32-35(30)31-22-21-23-11-4-5-14-25(23)36(31)37-32/h1-24H;1-22H/i;1D,2D,3D,12D,13D. The first-order chi connectivity index (χ1) is 39.3. The number of hydrogen-bond acceptors (Lipinski definition) is 1. The van der Waals surface area contributed by atoms with Gasteiger partial charge in [0, 0.05) is 16.2 Å². The van der Waals surface area contributed by atoms with Gasteiger partial charge in [0.05, 0.1) is 6.85 Å². The zero-order chi connectivity index (χ0) is 53.8. The molecule has 0 aliphatic carbocycles. The minimum absolute atomic E-state index is 0.207. The van der Waals surface area contributed by atoms with E-state index in [0.717, 1.165) is 65.4 Å². The molecule has 0 atom stereocenters. The monoisotopic (exact) mass is 955 g/mol. The summed E-state index contributed by atoms with van der Waals surface area (Å²) in [5.41, 5.74) is 9.66. The molecule has 0 N–H and O–H groups in total. The number of benzene rings is 15. The summed E-state index contributed by atoms with van der Waals surface area (Å²) in [5, 5.41) is 20.7. The van der Waals surface area contributed by atoms with Gasteiger partial charge in [0.2, 0.25) is 0 Å². The van der Waals surface area contributed by atoms with E-state index in [1.807, 2.05) is 72.8 Å². The van der Waals surface area contributed by atoms with E-state index in [1.54, 1.807) is 0 Å². The summed E-state index contributed by atoms with van der Waals surface area (Å²) < 4.78 is 49.0. The van der Waals surface area contributed by atoms with Crippen molar-refractivity contribution in [2.24, 2.45) is 0 Å². The van der Waals surface area contributed by atoms with Crippen LogP contribution in [0.25, 0.3) is 153 Å². The Bertz CT molecular complexity index is 5110. The highest BCUT2D eigenvalue weighted by atomic mass is 16.3. The van der Waals surface area contributed by atoms with Gasteiger partial charge in [-0.05, 0) is 144 Å². The summed E-state index contributed by atoms with van der Waals surface area (Å²) in [5.74, 6) is 0. The molecule has 16 rings (SSSR count). The Balaban J connectivity index is 0.000000139. The van der Waals surface area contributed by atoms with Gasteiger partial charge < -0.3 is 4.42 Å². The third-order valence-corrected chi connectivity index (χ3v) is 15.3. The Hall–Kier alpha value is -9.82. The molecule has 0 spiro atoms. The van der Waals surface area contributed by atoms with Gasteiger partial charge in [-0.3, -0.25) is 0 Å². The van der Waals surface area contributed by atoms with Crippen LogP contribution in [0, 0.1) is 0 Å². The predicted molar refractivity (Wildman–Crippen MR) is 322 cm³/mol. The summed E-state index contributed by atoms with van der Waals surface area (Å²) in [6.45, 7) is 0. The van der Waals surface area contributed by atoms with E-state index >= 15 is 0 Å². The van der Waals surface area contributed by atoms with Crippen LogP contribution < -0.4 is 0 Å². The number of rotatable bonds is 4. The second-order valence-corrected chi connectivity index (χ2v) is 19.3. The van der Waals surface area contributed by atoms with Crippen LogP contribution in [0.3, 0.4) is 0 Å². The average Bonchev–Trinajstić information content (AvgIpc) is 4.01. The zero-order valence-electron chi connectivity index (χ0n) is 45.6. The summed E-state index contributed by atoms with van der Waals surface area (Å²) in [6, 6.07) is 86.2. The fourth-order valence-electron chi connectivity index (χ4n) is 12.2. The fraction of sp³-hybridized carbons (Fsp3) is 0. The third-order valence-electron chi connectivity index (χ3n) is 15.3. The molecule has 0 unspecified atom stereocenters. The van der Waals surface area contributed by atoms with E-state index in [2.05, 4.69) is 176 Å². The second kappa shape index (κ2) is 17.4. The lowest BCUT2D eigenvalue weighted by Gasteiger charge is -2.20. The lowest BCUT2D eigenvalue weighted by molar-refractivity contribution is 0.673. The summed E-state index contributed by atoms with van der Waals surface area (Å²) in [4.78, 5) is 0. The van der Waals surface area contributed by atoms with E-state index < -0.39 is 6.04 Å². The molecule has 0 radical (unpaired) electrons. The first-order valence-electron chi connectivity index (χ1n) is 28.0. The van der Waals surface area contributed by atoms with Crippen molar-refractivity contribution in [1.29, 1.82) is 0 Å². The SMILES string of the molecule is [2H]c1c([2H])c([2H])c(-c2c3ccccc3c(-c3cccc4oc5c6ccccc6ccc5c34)c3ccccc23)c([2H])c1[2H].c1ccc(-c2c3ccccc3c(-c3cc4ccc5ccccc5c4c4ccccc34)c3ccccc23)cc1. The van der Waals surface area contributed by atoms with Gasteiger partial charge >= 0.3 is 0 Å². The van der Waals surface area contributed by atoms with Gasteiger partial charge in [-0.15, -0.1) is 0 Å². The first-order valence-corrected chi connectivity index (χ1v) is 25.5. The third kappa shape index (κ3) is 6.79. The Labute approximate surface area is 440 Å². The topological polar surface area (TPSA) is 13.1 Å². The van der Waals surface area contributed by atoms with Crippen LogP contribution in [0.5, 0.6) is 0 Å². The summed E-state index contributed by atoms with van der Waals surface area (Å²) >= 11 is 0. The van der Waals surface area contributed by atoms with Crippen LogP contribution >= 0.6 is 0 Å². The normalized spacial score (nSPS) is 12.7. The maximum Gasteiger partial charge on any atom is 0.143 e. The Morgan fingerprint density at radius 2 is 0.693 bits per heavy atom. The van der Waals surface area contributed by atoms with Crippen LogP contribution in [0.15, 0.2) is 283 Å². The zero-order valence-corrected chi connectivity index (χ0v) is 40.6. The highest BCUT2D eigenvalue weighted by molar-refractivity contribution is 6.30. The molecule has 1 heteroatoms. The molecule has 0 fully saturated rings. The minimum Gasteiger partial charge on any atom is -0.455 e. The van der Waals surface area contributed by atoms with Crippen molar-refractivity contribution in [2.75, 3.05) is 0 Å². The van der Waals surface area contributed by atoms with Gasteiger partial charge in [-0.2, -0.15) is 0 Å². The lowest BCUT2D eigenvalue weighted by Crippen LogP contribution is -1.92. The molecule has 0 saturated heterocycles. The molecule has 0 amide bonds. The van der Waals surface area contributed by atoms with Crippen LogP contribution in [0.4, 0.5) is 0 Å². The Morgan fingerprint density at radius 3 is 1.29 bits per heavy atom. The quantitative estimate of drug-likeness (QED) is 0.127. The average molecular weight is 956 g/mol. The van der Waals surface area contributed by atoms with Crippen molar-refractivity contribution in [1.82, 2.24) is 0 Å². The first kappa shape index (κ1) is 37.9. The molecule has 0 saturated carbocycles. The van der Waals surface area contributed by atoms with Crippen molar-refractivity contribution in [3.05, 3.63) is 279 Å². The number of furan rings is 1. The van der Waals surface area contributed by atoms with E-state index in [9.17, 15) is 0 Å². The van der Waals surface area contributed by atoms with Crippen molar-refractivity contribution >= 4 is 108 Å². The highest BCUT2D eigenvalue weighted by Crippen LogP contribution is 2.49. The minimum atomic E-state index is -0.398. The lowest BCUT2D eigenvalue weighted by atomic mass is 9.83. The molecule has 15 aromatic carbocycles. The van der Waals surface area contributed by atoms with Gasteiger partial charge in [0.15, 0.2) is 0 Å². The molecular formula is C74H46O. The maximum atomic E-state index is 8.80.